The van der Waals surface area contributed by atoms with Gasteiger partial charge in [0.1, 0.15) is 11.8 Å². The lowest BCUT2D eigenvalue weighted by Crippen LogP contribution is -2.43. The molecule has 120 valence electrons. The van der Waals surface area contributed by atoms with E-state index < -0.39 is 30.3 Å². The van der Waals surface area contributed by atoms with E-state index in [1.54, 1.807) is 19.1 Å². The molecule has 1 unspecified atom stereocenters. The zero-order valence-corrected chi connectivity index (χ0v) is 13.7. The summed E-state index contributed by atoms with van der Waals surface area (Å²) >= 11 is 3.27. The third-order valence-corrected chi connectivity index (χ3v) is 3.15. The van der Waals surface area contributed by atoms with Crippen molar-refractivity contribution in [2.75, 3.05) is 13.7 Å². The van der Waals surface area contributed by atoms with Crippen molar-refractivity contribution < 1.29 is 29.0 Å². The van der Waals surface area contributed by atoms with Gasteiger partial charge in [0.15, 0.2) is 0 Å². The second-order valence-electron chi connectivity index (χ2n) is 4.22. The molecule has 1 atom stereocenters. The molecule has 0 aliphatic heterocycles. The van der Waals surface area contributed by atoms with Gasteiger partial charge in [-0.2, -0.15) is 0 Å². The quantitative estimate of drug-likeness (QED) is 0.703. The fourth-order valence-electron chi connectivity index (χ4n) is 1.70. The average molecular weight is 374 g/mol. The summed E-state index contributed by atoms with van der Waals surface area (Å²) in [7, 11) is 1.12. The molecule has 0 saturated carbocycles. The third kappa shape index (κ3) is 5.03. The Bertz CT molecular complexity index is 574. The Morgan fingerprint density at radius 1 is 1.36 bits per heavy atom. The van der Waals surface area contributed by atoms with Crippen LogP contribution in [-0.2, 0) is 14.3 Å². The summed E-state index contributed by atoms with van der Waals surface area (Å²) in [5.74, 6) is -2.34. The van der Waals surface area contributed by atoms with Gasteiger partial charge in [0.2, 0.25) is 0 Å². The highest BCUT2D eigenvalue weighted by molar-refractivity contribution is 9.10. The lowest BCUT2D eigenvalue weighted by molar-refractivity contribution is -0.147. The first-order valence-corrected chi connectivity index (χ1v) is 7.21. The Morgan fingerprint density at radius 2 is 2.05 bits per heavy atom. The van der Waals surface area contributed by atoms with Crippen LogP contribution in [0.25, 0.3) is 0 Å². The lowest BCUT2D eigenvalue weighted by atomic mass is 10.1. The van der Waals surface area contributed by atoms with Gasteiger partial charge < -0.3 is 19.9 Å². The number of esters is 1. The number of methoxy groups -OCH3 is 1. The maximum absolute atomic E-state index is 12.3. The van der Waals surface area contributed by atoms with Gasteiger partial charge in [-0.25, -0.2) is 4.79 Å². The molecular formula is C14H16BrNO6. The monoisotopic (exact) mass is 373 g/mol. The van der Waals surface area contributed by atoms with Crippen LogP contribution in [0.2, 0.25) is 0 Å². The molecule has 0 saturated heterocycles. The summed E-state index contributed by atoms with van der Waals surface area (Å²) in [6, 6.07) is 3.50. The first-order chi connectivity index (χ1) is 10.4. The van der Waals surface area contributed by atoms with Crippen molar-refractivity contribution in [3.8, 4) is 5.75 Å². The van der Waals surface area contributed by atoms with Crippen LogP contribution in [0.4, 0.5) is 0 Å². The SMILES string of the molecule is CCOc1cc(Br)ccc1C(=O)NC(CC(=O)O)C(=O)OC. The molecule has 0 aromatic heterocycles. The summed E-state index contributed by atoms with van der Waals surface area (Å²) in [5.41, 5.74) is 0.198. The van der Waals surface area contributed by atoms with Crippen molar-refractivity contribution in [1.82, 2.24) is 5.32 Å². The first-order valence-electron chi connectivity index (χ1n) is 6.41. The van der Waals surface area contributed by atoms with E-state index in [2.05, 4.69) is 26.0 Å². The Morgan fingerprint density at radius 3 is 2.59 bits per heavy atom. The molecule has 7 nitrogen and oxygen atoms in total. The van der Waals surface area contributed by atoms with E-state index in [0.29, 0.717) is 12.4 Å². The minimum atomic E-state index is -1.27. The summed E-state index contributed by atoms with van der Waals surface area (Å²) in [6.07, 6.45) is -0.571. The number of carbonyl (C=O) groups excluding carboxylic acids is 2. The van der Waals surface area contributed by atoms with E-state index >= 15 is 0 Å². The average Bonchev–Trinajstić information content (AvgIpc) is 2.45. The number of rotatable bonds is 7. The number of aliphatic carboxylic acids is 1. The molecule has 1 amide bonds. The second kappa shape index (κ2) is 8.38. The van der Waals surface area contributed by atoms with Crippen LogP contribution < -0.4 is 10.1 Å². The van der Waals surface area contributed by atoms with Gasteiger partial charge in [-0.05, 0) is 25.1 Å². The largest absolute Gasteiger partial charge is 0.493 e. The van der Waals surface area contributed by atoms with Gasteiger partial charge >= 0.3 is 11.9 Å². The zero-order valence-electron chi connectivity index (χ0n) is 12.1. The van der Waals surface area contributed by atoms with Crippen molar-refractivity contribution in [2.24, 2.45) is 0 Å². The molecular weight excluding hydrogens is 358 g/mol. The molecule has 1 rings (SSSR count). The van der Waals surface area contributed by atoms with Crippen LogP contribution in [0.1, 0.15) is 23.7 Å². The summed E-state index contributed by atoms with van der Waals surface area (Å²) < 4.78 is 10.6. The number of benzene rings is 1. The number of halogens is 1. The summed E-state index contributed by atoms with van der Waals surface area (Å²) in [4.78, 5) is 34.6. The van der Waals surface area contributed by atoms with Crippen LogP contribution in [0.15, 0.2) is 22.7 Å². The molecule has 1 aromatic carbocycles. The van der Waals surface area contributed by atoms with Crippen LogP contribution >= 0.6 is 15.9 Å². The van der Waals surface area contributed by atoms with Crippen molar-refractivity contribution in [1.29, 1.82) is 0 Å². The van der Waals surface area contributed by atoms with Crippen LogP contribution in [0.3, 0.4) is 0 Å². The molecule has 0 radical (unpaired) electrons. The highest BCUT2D eigenvalue weighted by Gasteiger charge is 2.26. The van der Waals surface area contributed by atoms with Gasteiger partial charge in [-0.3, -0.25) is 9.59 Å². The molecule has 0 bridgehead atoms. The minimum Gasteiger partial charge on any atom is -0.493 e. The van der Waals surface area contributed by atoms with Gasteiger partial charge in [-0.1, -0.05) is 15.9 Å². The van der Waals surface area contributed by atoms with Gasteiger partial charge in [0.25, 0.3) is 5.91 Å². The van der Waals surface area contributed by atoms with E-state index in [4.69, 9.17) is 9.84 Å². The highest BCUT2D eigenvalue weighted by atomic mass is 79.9. The van der Waals surface area contributed by atoms with Crippen LogP contribution in [-0.4, -0.2) is 42.7 Å². The number of amides is 1. The van der Waals surface area contributed by atoms with Crippen molar-refractivity contribution >= 4 is 33.8 Å². The standard InChI is InChI=1S/C14H16BrNO6/c1-3-22-11-6-8(15)4-5-9(11)13(19)16-10(7-12(17)18)14(20)21-2/h4-6,10H,3,7H2,1-2H3,(H,16,19)(H,17,18). The van der Waals surface area contributed by atoms with E-state index in [1.165, 1.54) is 6.07 Å². The topological polar surface area (TPSA) is 102 Å². The molecule has 0 spiro atoms. The van der Waals surface area contributed by atoms with Crippen molar-refractivity contribution in [3.05, 3.63) is 28.2 Å². The van der Waals surface area contributed by atoms with Crippen molar-refractivity contribution in [2.45, 2.75) is 19.4 Å². The van der Waals surface area contributed by atoms with E-state index in [0.717, 1.165) is 11.6 Å². The number of hydrogen-bond donors (Lipinski definition) is 2. The molecule has 0 aliphatic rings. The molecule has 0 aliphatic carbocycles. The number of hydrogen-bond acceptors (Lipinski definition) is 5. The minimum absolute atomic E-state index is 0.198. The normalized spacial score (nSPS) is 11.4. The predicted molar refractivity (Wildman–Crippen MR) is 80.8 cm³/mol. The highest BCUT2D eigenvalue weighted by Crippen LogP contribution is 2.24. The summed E-state index contributed by atoms with van der Waals surface area (Å²) in [6.45, 7) is 2.12. The number of carboxylic acids is 1. The van der Waals surface area contributed by atoms with Gasteiger partial charge in [-0.15, -0.1) is 0 Å². The van der Waals surface area contributed by atoms with E-state index in [-0.39, 0.29) is 5.56 Å². The van der Waals surface area contributed by atoms with Crippen LogP contribution in [0, 0.1) is 0 Å². The smallest absolute Gasteiger partial charge is 0.328 e. The lowest BCUT2D eigenvalue weighted by Gasteiger charge is -2.16. The van der Waals surface area contributed by atoms with E-state index in [9.17, 15) is 14.4 Å². The third-order valence-electron chi connectivity index (χ3n) is 2.66. The maximum atomic E-state index is 12.3. The molecule has 1 aromatic rings. The van der Waals surface area contributed by atoms with Gasteiger partial charge in [0, 0.05) is 4.47 Å². The number of carbonyl (C=O) groups is 3. The maximum Gasteiger partial charge on any atom is 0.328 e. The fraction of sp³-hybridized carbons (Fsp3) is 0.357. The number of nitrogens with one attached hydrogen (secondary N) is 1. The first kappa shape index (κ1) is 18.0. The molecule has 0 fully saturated rings. The predicted octanol–water partition coefficient (Wildman–Crippen LogP) is 1.59. The molecule has 0 heterocycles. The molecule has 22 heavy (non-hydrogen) atoms. The summed E-state index contributed by atoms with van der Waals surface area (Å²) in [5, 5.41) is 11.1. The molecule has 8 heteroatoms. The Balaban J connectivity index is 2.98. The Labute approximate surface area is 135 Å². The Kier molecular flexibility index (Phi) is 6.84. The zero-order chi connectivity index (χ0) is 16.7. The number of ether oxygens (including phenoxy) is 2. The fourth-order valence-corrected chi connectivity index (χ4v) is 2.04. The molecule has 2 N–H and O–H groups in total. The van der Waals surface area contributed by atoms with Gasteiger partial charge in [0.05, 0.1) is 25.7 Å². The number of carboxylic acid groups (broad SMARTS) is 1. The van der Waals surface area contributed by atoms with Crippen LogP contribution in [0.5, 0.6) is 5.75 Å². The second-order valence-corrected chi connectivity index (χ2v) is 5.14. The Hall–Kier alpha value is -2.09. The van der Waals surface area contributed by atoms with Crippen molar-refractivity contribution in [3.63, 3.8) is 0 Å². The van der Waals surface area contributed by atoms with E-state index in [1.807, 2.05) is 0 Å².